The van der Waals surface area contributed by atoms with Crippen molar-refractivity contribution in [3.8, 4) is 0 Å². The third kappa shape index (κ3) is 2.91. The number of hydrogen-bond acceptors (Lipinski definition) is 2. The predicted octanol–water partition coefficient (Wildman–Crippen LogP) is 3.98. The van der Waals surface area contributed by atoms with E-state index >= 15 is 0 Å². The smallest absolute Gasteiger partial charge is 0.138 e. The average molecular weight is 419 g/mol. The first-order chi connectivity index (χ1) is 10.1. The first kappa shape index (κ1) is 14.8. The van der Waals surface area contributed by atoms with Crippen molar-refractivity contribution in [3.05, 3.63) is 45.8 Å². The molecule has 21 heavy (non-hydrogen) atoms. The van der Waals surface area contributed by atoms with E-state index in [1.165, 1.54) is 6.07 Å². The molecule has 0 saturated carbocycles. The van der Waals surface area contributed by atoms with Crippen LogP contribution in [-0.4, -0.2) is 19.3 Å². The van der Waals surface area contributed by atoms with E-state index in [2.05, 4.69) is 10.1 Å². The Hall–Kier alpha value is -1.15. The highest BCUT2D eigenvalue weighted by Crippen LogP contribution is 2.27. The molecule has 0 aliphatic heterocycles. The molecule has 0 saturated heterocycles. The summed E-state index contributed by atoms with van der Waals surface area (Å²) in [5.74, 6) is 0.511. The second-order valence-corrected chi connectivity index (χ2v) is 6.58. The van der Waals surface area contributed by atoms with Crippen LogP contribution < -0.4 is 0 Å². The van der Waals surface area contributed by atoms with E-state index < -0.39 is 0 Å². The van der Waals surface area contributed by atoms with Gasteiger partial charge in [0.15, 0.2) is 0 Å². The maximum absolute atomic E-state index is 13.9. The molecule has 0 radical (unpaired) electrons. The molecule has 0 bridgehead atoms. The molecule has 0 amide bonds. The number of nitrogens with zero attached hydrogens (tertiary/aromatic N) is 4. The van der Waals surface area contributed by atoms with Crippen LogP contribution >= 0.6 is 34.2 Å². The third-order valence-electron chi connectivity index (χ3n) is 3.29. The fourth-order valence-corrected chi connectivity index (χ4v) is 2.93. The van der Waals surface area contributed by atoms with Gasteiger partial charge in [0.1, 0.15) is 11.6 Å². The summed E-state index contributed by atoms with van der Waals surface area (Å²) in [6.45, 7) is 3.20. The van der Waals surface area contributed by atoms with Crippen molar-refractivity contribution in [2.75, 3.05) is 0 Å². The first-order valence-corrected chi connectivity index (χ1v) is 8.04. The standard InChI is InChI=1S/C14H13ClFIN4/c1-9(15)14-19-12-8-11(17)10(16)7-13(12)21(14)6-5-20-4-2-3-18-20/h2-4,7-9H,5-6H2,1H3. The van der Waals surface area contributed by atoms with Crippen molar-refractivity contribution >= 4 is 45.2 Å². The van der Waals surface area contributed by atoms with E-state index in [9.17, 15) is 4.39 Å². The van der Waals surface area contributed by atoms with Gasteiger partial charge in [-0.1, -0.05) is 0 Å². The fraction of sp³-hybridized carbons (Fsp3) is 0.286. The maximum Gasteiger partial charge on any atom is 0.138 e. The topological polar surface area (TPSA) is 35.6 Å². The van der Waals surface area contributed by atoms with Crippen LogP contribution in [0.4, 0.5) is 4.39 Å². The number of alkyl halides is 1. The molecule has 3 rings (SSSR count). The minimum absolute atomic E-state index is 0.239. The first-order valence-electron chi connectivity index (χ1n) is 6.53. The maximum atomic E-state index is 13.9. The van der Waals surface area contributed by atoms with Crippen molar-refractivity contribution in [2.24, 2.45) is 0 Å². The van der Waals surface area contributed by atoms with E-state index in [-0.39, 0.29) is 11.2 Å². The Balaban J connectivity index is 2.04. The molecule has 0 spiro atoms. The van der Waals surface area contributed by atoms with Crippen LogP contribution in [0.3, 0.4) is 0 Å². The summed E-state index contributed by atoms with van der Waals surface area (Å²) in [7, 11) is 0. The van der Waals surface area contributed by atoms with Crippen LogP contribution in [0.2, 0.25) is 0 Å². The Morgan fingerprint density at radius 1 is 1.38 bits per heavy atom. The second kappa shape index (κ2) is 5.92. The summed E-state index contributed by atoms with van der Waals surface area (Å²) in [6.07, 6.45) is 3.63. The number of hydrogen-bond donors (Lipinski definition) is 0. The molecule has 110 valence electrons. The zero-order chi connectivity index (χ0) is 15.0. The number of aryl methyl sites for hydroxylation is 2. The van der Waals surface area contributed by atoms with Crippen LogP contribution in [0.15, 0.2) is 30.6 Å². The van der Waals surface area contributed by atoms with Gasteiger partial charge in [0.2, 0.25) is 0 Å². The van der Waals surface area contributed by atoms with E-state index in [1.807, 2.05) is 51.0 Å². The van der Waals surface area contributed by atoms with Crippen molar-refractivity contribution in [3.63, 3.8) is 0 Å². The van der Waals surface area contributed by atoms with Crippen LogP contribution in [0.1, 0.15) is 18.1 Å². The highest BCUT2D eigenvalue weighted by molar-refractivity contribution is 14.1. The van der Waals surface area contributed by atoms with Gasteiger partial charge in [0, 0.05) is 25.0 Å². The van der Waals surface area contributed by atoms with Gasteiger partial charge < -0.3 is 4.57 Å². The molecular weight excluding hydrogens is 406 g/mol. The number of halogens is 3. The average Bonchev–Trinajstić information content (AvgIpc) is 3.05. The molecule has 2 heterocycles. The van der Waals surface area contributed by atoms with Crippen molar-refractivity contribution in [2.45, 2.75) is 25.4 Å². The summed E-state index contributed by atoms with van der Waals surface area (Å²) >= 11 is 8.19. The van der Waals surface area contributed by atoms with E-state index in [0.29, 0.717) is 16.7 Å². The largest absolute Gasteiger partial charge is 0.325 e. The van der Waals surface area contributed by atoms with Gasteiger partial charge in [0.05, 0.1) is 26.5 Å². The number of fused-ring (bicyclic) bond motifs is 1. The third-order valence-corrected chi connectivity index (χ3v) is 4.31. The van der Waals surface area contributed by atoms with Gasteiger partial charge in [-0.05, 0) is 41.6 Å². The van der Waals surface area contributed by atoms with Gasteiger partial charge in [-0.25, -0.2) is 9.37 Å². The molecule has 7 heteroatoms. The van der Waals surface area contributed by atoms with Gasteiger partial charge >= 0.3 is 0 Å². The molecule has 4 nitrogen and oxygen atoms in total. The molecule has 0 N–H and O–H groups in total. The number of rotatable bonds is 4. The van der Waals surface area contributed by atoms with Crippen molar-refractivity contribution < 1.29 is 4.39 Å². The molecular formula is C14H13ClFIN4. The SMILES string of the molecule is CC(Cl)c1nc2cc(I)c(F)cc2n1CCn1cccn1. The highest BCUT2D eigenvalue weighted by Gasteiger charge is 2.16. The Bertz CT molecular complexity index is 767. The lowest BCUT2D eigenvalue weighted by Crippen LogP contribution is -2.11. The lowest BCUT2D eigenvalue weighted by molar-refractivity contribution is 0.527. The molecule has 1 unspecified atom stereocenters. The molecule has 1 aromatic carbocycles. The summed E-state index contributed by atoms with van der Waals surface area (Å²) in [5.41, 5.74) is 1.53. The molecule has 0 fully saturated rings. The molecule has 0 aliphatic carbocycles. The summed E-state index contributed by atoms with van der Waals surface area (Å²) in [4.78, 5) is 4.54. The molecule has 3 aromatic rings. The Labute approximate surface area is 140 Å². The Kier molecular flexibility index (Phi) is 4.17. The fourth-order valence-electron chi connectivity index (χ4n) is 2.31. The minimum Gasteiger partial charge on any atom is -0.325 e. The van der Waals surface area contributed by atoms with Crippen LogP contribution in [-0.2, 0) is 13.1 Å². The monoisotopic (exact) mass is 418 g/mol. The zero-order valence-corrected chi connectivity index (χ0v) is 14.2. The van der Waals surface area contributed by atoms with Crippen molar-refractivity contribution in [1.29, 1.82) is 0 Å². The Morgan fingerprint density at radius 3 is 2.86 bits per heavy atom. The van der Waals surface area contributed by atoms with Crippen LogP contribution in [0.25, 0.3) is 11.0 Å². The molecule has 0 aliphatic rings. The van der Waals surface area contributed by atoms with E-state index in [4.69, 9.17) is 11.6 Å². The summed E-state index contributed by atoms with van der Waals surface area (Å²) in [5, 5.41) is 3.94. The second-order valence-electron chi connectivity index (χ2n) is 4.76. The highest BCUT2D eigenvalue weighted by atomic mass is 127. The van der Waals surface area contributed by atoms with Crippen LogP contribution in [0, 0.1) is 9.39 Å². The van der Waals surface area contributed by atoms with Gasteiger partial charge in [-0.3, -0.25) is 4.68 Å². The van der Waals surface area contributed by atoms with E-state index in [0.717, 1.165) is 16.9 Å². The zero-order valence-electron chi connectivity index (χ0n) is 11.3. The predicted molar refractivity (Wildman–Crippen MR) is 88.9 cm³/mol. The normalized spacial score (nSPS) is 13.0. The van der Waals surface area contributed by atoms with Gasteiger partial charge in [0.25, 0.3) is 0 Å². The van der Waals surface area contributed by atoms with Gasteiger partial charge in [-0.15, -0.1) is 11.6 Å². The van der Waals surface area contributed by atoms with E-state index in [1.54, 1.807) is 12.3 Å². The van der Waals surface area contributed by atoms with Gasteiger partial charge in [-0.2, -0.15) is 5.10 Å². The Morgan fingerprint density at radius 2 is 2.19 bits per heavy atom. The number of benzene rings is 1. The number of aromatic nitrogens is 4. The van der Waals surface area contributed by atoms with Crippen LogP contribution in [0.5, 0.6) is 0 Å². The molecule has 2 aromatic heterocycles. The quantitative estimate of drug-likeness (QED) is 0.475. The summed E-state index contributed by atoms with van der Waals surface area (Å²) < 4.78 is 18.2. The number of imidazole rings is 1. The summed E-state index contributed by atoms with van der Waals surface area (Å²) in [6, 6.07) is 5.15. The van der Waals surface area contributed by atoms with Crippen molar-refractivity contribution in [1.82, 2.24) is 19.3 Å². The minimum atomic E-state index is -0.240. The lowest BCUT2D eigenvalue weighted by atomic mass is 10.3. The molecule has 1 atom stereocenters. The lowest BCUT2D eigenvalue weighted by Gasteiger charge is -2.10.